The quantitative estimate of drug-likeness (QED) is 0.670. The maximum Gasteiger partial charge on any atom is 0.253 e. The first-order valence-electron chi connectivity index (χ1n) is 10.2. The van der Waals surface area contributed by atoms with Crippen LogP contribution < -0.4 is 4.74 Å². The van der Waals surface area contributed by atoms with Gasteiger partial charge >= 0.3 is 0 Å². The van der Waals surface area contributed by atoms with Crippen molar-refractivity contribution in [1.82, 2.24) is 9.21 Å². The molecule has 2 aliphatic heterocycles. The minimum Gasteiger partial charge on any atom is -0.487 e. The van der Waals surface area contributed by atoms with Gasteiger partial charge in [-0.1, -0.05) is 0 Å². The average Bonchev–Trinajstić information content (AvgIpc) is 3.40. The van der Waals surface area contributed by atoms with Gasteiger partial charge in [0, 0.05) is 43.4 Å². The summed E-state index contributed by atoms with van der Waals surface area (Å²) in [6.07, 6.45) is 1.84. The van der Waals surface area contributed by atoms with E-state index < -0.39 is 27.7 Å². The van der Waals surface area contributed by atoms with Gasteiger partial charge in [-0.25, -0.2) is 17.2 Å². The summed E-state index contributed by atoms with van der Waals surface area (Å²) in [6.45, 7) is 2.98. The van der Waals surface area contributed by atoms with Gasteiger partial charge in [-0.3, -0.25) is 4.79 Å². The highest BCUT2D eigenvalue weighted by Crippen LogP contribution is 2.31. The Labute approximate surface area is 184 Å². The summed E-state index contributed by atoms with van der Waals surface area (Å²) in [5.41, 5.74) is 0. The SMILES string of the molecule is Cc1ccc(S(=O)(=O)N2CCCC2C(=O)N2CCC(Oc3ccc(F)cc3F)CC2)s1. The van der Waals surface area contributed by atoms with Gasteiger partial charge in [-0.15, -0.1) is 11.3 Å². The lowest BCUT2D eigenvalue weighted by molar-refractivity contribution is -0.136. The first kappa shape index (κ1) is 22.2. The van der Waals surface area contributed by atoms with E-state index >= 15 is 0 Å². The van der Waals surface area contributed by atoms with Gasteiger partial charge in [-0.2, -0.15) is 4.31 Å². The Balaban J connectivity index is 1.39. The molecule has 0 N–H and O–H groups in total. The third-order valence-electron chi connectivity index (χ3n) is 5.71. The molecule has 31 heavy (non-hydrogen) atoms. The van der Waals surface area contributed by atoms with Gasteiger partial charge in [0.1, 0.15) is 22.2 Å². The first-order valence-corrected chi connectivity index (χ1v) is 12.5. The summed E-state index contributed by atoms with van der Waals surface area (Å²) < 4.78 is 60.2. The lowest BCUT2D eigenvalue weighted by Crippen LogP contribution is -2.50. The van der Waals surface area contributed by atoms with Crippen LogP contribution in [0.4, 0.5) is 8.78 Å². The maximum absolute atomic E-state index is 13.8. The average molecular weight is 471 g/mol. The first-order chi connectivity index (χ1) is 14.8. The Morgan fingerprint density at radius 3 is 2.48 bits per heavy atom. The van der Waals surface area contributed by atoms with E-state index in [9.17, 15) is 22.0 Å². The molecule has 2 aliphatic rings. The molecule has 0 aliphatic carbocycles. The molecule has 1 aromatic heterocycles. The number of amides is 1. The number of halogens is 2. The van der Waals surface area contributed by atoms with E-state index in [2.05, 4.69) is 0 Å². The van der Waals surface area contributed by atoms with Crippen LogP contribution >= 0.6 is 11.3 Å². The van der Waals surface area contributed by atoms with Gasteiger partial charge in [-0.05, 0) is 44.0 Å². The number of aryl methyl sites for hydroxylation is 1. The van der Waals surface area contributed by atoms with Crippen molar-refractivity contribution in [1.29, 1.82) is 0 Å². The van der Waals surface area contributed by atoms with Crippen LogP contribution in [0, 0.1) is 18.6 Å². The van der Waals surface area contributed by atoms with Crippen LogP contribution in [0.25, 0.3) is 0 Å². The normalized spacial score (nSPS) is 20.9. The molecule has 168 valence electrons. The van der Waals surface area contributed by atoms with Crippen molar-refractivity contribution >= 4 is 27.3 Å². The van der Waals surface area contributed by atoms with Crippen LogP contribution in [0.15, 0.2) is 34.5 Å². The molecule has 1 unspecified atom stereocenters. The molecule has 2 saturated heterocycles. The van der Waals surface area contributed by atoms with Crippen LogP contribution in [0.1, 0.15) is 30.6 Å². The number of ether oxygens (including phenoxy) is 1. The summed E-state index contributed by atoms with van der Waals surface area (Å²) >= 11 is 1.21. The predicted octanol–water partition coefficient (Wildman–Crippen LogP) is 3.56. The Morgan fingerprint density at radius 1 is 1.10 bits per heavy atom. The van der Waals surface area contributed by atoms with E-state index in [4.69, 9.17) is 4.74 Å². The van der Waals surface area contributed by atoms with E-state index in [1.165, 1.54) is 21.7 Å². The molecule has 3 heterocycles. The zero-order valence-corrected chi connectivity index (χ0v) is 18.7. The number of nitrogens with zero attached hydrogens (tertiary/aromatic N) is 2. The molecule has 6 nitrogen and oxygen atoms in total. The molecule has 1 amide bonds. The second kappa shape index (κ2) is 8.84. The number of sulfonamides is 1. The van der Waals surface area contributed by atoms with Crippen molar-refractivity contribution in [3.63, 3.8) is 0 Å². The minimum atomic E-state index is -3.70. The Kier molecular flexibility index (Phi) is 6.32. The summed E-state index contributed by atoms with van der Waals surface area (Å²) in [6, 6.07) is 5.83. The molecule has 2 fully saturated rings. The molecule has 1 aromatic carbocycles. The summed E-state index contributed by atoms with van der Waals surface area (Å²) in [7, 11) is -3.70. The second-order valence-electron chi connectivity index (χ2n) is 7.86. The van der Waals surface area contributed by atoms with Crippen LogP contribution in [0.5, 0.6) is 5.75 Å². The summed E-state index contributed by atoms with van der Waals surface area (Å²) in [5, 5.41) is 0. The molecule has 10 heteroatoms. The number of piperidine rings is 1. The van der Waals surface area contributed by atoms with Gasteiger partial charge in [0.15, 0.2) is 11.6 Å². The van der Waals surface area contributed by atoms with E-state index in [-0.39, 0.29) is 22.0 Å². The molecule has 0 bridgehead atoms. The van der Waals surface area contributed by atoms with Crippen LogP contribution in [-0.4, -0.2) is 55.3 Å². The summed E-state index contributed by atoms with van der Waals surface area (Å²) in [5.74, 6) is -1.63. The van der Waals surface area contributed by atoms with Gasteiger partial charge in [0.05, 0.1) is 0 Å². The van der Waals surface area contributed by atoms with E-state index in [0.717, 1.165) is 17.0 Å². The molecular formula is C21H24F2N2O4S2. The van der Waals surface area contributed by atoms with Crippen molar-refractivity contribution in [3.8, 4) is 5.75 Å². The number of rotatable bonds is 5. The zero-order chi connectivity index (χ0) is 22.2. The van der Waals surface area contributed by atoms with Gasteiger partial charge < -0.3 is 9.64 Å². The van der Waals surface area contributed by atoms with Crippen molar-refractivity contribution in [2.75, 3.05) is 19.6 Å². The standard InChI is InChI=1S/C21H24F2N2O4S2/c1-14-4-7-20(30-14)31(27,28)25-10-2-3-18(25)21(26)24-11-8-16(9-12-24)29-19-6-5-15(22)13-17(19)23/h4-7,13,16,18H,2-3,8-12H2,1H3. The van der Waals surface area contributed by atoms with Crippen molar-refractivity contribution < 1.29 is 26.7 Å². The fraction of sp³-hybridized carbons (Fsp3) is 0.476. The number of benzene rings is 1. The fourth-order valence-corrected chi connectivity index (χ4v) is 7.16. The lowest BCUT2D eigenvalue weighted by atomic mass is 10.1. The number of likely N-dealkylation sites (tertiary alicyclic amines) is 1. The topological polar surface area (TPSA) is 66.9 Å². The number of carbonyl (C=O) groups is 1. The second-order valence-corrected chi connectivity index (χ2v) is 11.3. The number of thiophene rings is 1. The molecule has 1 atom stereocenters. The molecule has 4 rings (SSSR count). The van der Waals surface area contributed by atoms with Gasteiger partial charge in [0.25, 0.3) is 10.0 Å². The third-order valence-corrected chi connectivity index (χ3v) is 9.08. The number of hydrogen-bond acceptors (Lipinski definition) is 5. The number of hydrogen-bond donors (Lipinski definition) is 0. The maximum atomic E-state index is 13.8. The monoisotopic (exact) mass is 470 g/mol. The van der Waals surface area contributed by atoms with Crippen molar-refractivity contribution in [2.24, 2.45) is 0 Å². The lowest BCUT2D eigenvalue weighted by Gasteiger charge is -2.35. The Hall–Kier alpha value is -2.04. The highest BCUT2D eigenvalue weighted by molar-refractivity contribution is 7.91. The minimum absolute atomic E-state index is 0.00882. The smallest absolute Gasteiger partial charge is 0.253 e. The zero-order valence-electron chi connectivity index (χ0n) is 17.1. The van der Waals surface area contributed by atoms with Crippen LogP contribution in [0.3, 0.4) is 0 Å². The largest absolute Gasteiger partial charge is 0.487 e. The van der Waals surface area contributed by atoms with Crippen molar-refractivity contribution in [3.05, 3.63) is 46.8 Å². The van der Waals surface area contributed by atoms with Crippen molar-refractivity contribution in [2.45, 2.75) is 49.0 Å². The Morgan fingerprint density at radius 2 is 1.84 bits per heavy atom. The summed E-state index contributed by atoms with van der Waals surface area (Å²) in [4.78, 5) is 15.7. The van der Waals surface area contributed by atoms with E-state index in [1.54, 1.807) is 17.0 Å². The van der Waals surface area contributed by atoms with Crippen LogP contribution in [0.2, 0.25) is 0 Å². The van der Waals surface area contributed by atoms with Crippen LogP contribution in [-0.2, 0) is 14.8 Å². The molecular weight excluding hydrogens is 446 g/mol. The molecule has 0 saturated carbocycles. The fourth-order valence-electron chi connectivity index (χ4n) is 4.10. The number of carbonyl (C=O) groups excluding carboxylic acids is 1. The molecule has 2 aromatic rings. The highest BCUT2D eigenvalue weighted by atomic mass is 32.2. The predicted molar refractivity (Wildman–Crippen MR) is 113 cm³/mol. The van der Waals surface area contributed by atoms with Gasteiger partial charge in [0.2, 0.25) is 5.91 Å². The Bertz CT molecular complexity index is 1070. The van der Waals surface area contributed by atoms with E-state index in [0.29, 0.717) is 45.3 Å². The van der Waals surface area contributed by atoms with E-state index in [1.807, 2.05) is 6.92 Å². The third kappa shape index (κ3) is 4.61. The molecule has 0 radical (unpaired) electrons. The molecule has 0 spiro atoms. The highest BCUT2D eigenvalue weighted by Gasteiger charge is 2.42.